The van der Waals surface area contributed by atoms with E-state index >= 15 is 0 Å². The van der Waals surface area contributed by atoms with Crippen LogP contribution in [0.25, 0.3) is 6.08 Å². The van der Waals surface area contributed by atoms with E-state index in [-0.39, 0.29) is 17.3 Å². The lowest BCUT2D eigenvalue weighted by Crippen LogP contribution is -2.25. The largest absolute Gasteiger partial charge is 0.503 e. The first-order chi connectivity index (χ1) is 16.0. The highest BCUT2D eigenvalue weighted by atomic mass is 16.6. The van der Waals surface area contributed by atoms with Crippen LogP contribution in [0, 0.1) is 0 Å². The molecule has 0 spiro atoms. The average Bonchev–Trinajstić information content (AvgIpc) is 3.42. The molecule has 0 bridgehead atoms. The number of methoxy groups -OCH3 is 3. The Balaban J connectivity index is 2.35. The van der Waals surface area contributed by atoms with Crippen LogP contribution in [0.15, 0.2) is 60.1 Å². The Morgan fingerprint density at radius 1 is 1.18 bits per heavy atom. The molecule has 7 heteroatoms. The van der Waals surface area contributed by atoms with Crippen molar-refractivity contribution in [2.75, 3.05) is 27.9 Å². The number of allylic oxidation sites excluding steroid dienone is 1. The third-order valence-electron chi connectivity index (χ3n) is 5.45. The van der Waals surface area contributed by atoms with E-state index in [9.17, 15) is 4.79 Å². The molecule has 0 aliphatic carbocycles. The second kappa shape index (κ2) is 11.3. The highest BCUT2D eigenvalue weighted by Gasteiger charge is 2.48. The third-order valence-corrected chi connectivity index (χ3v) is 5.45. The van der Waals surface area contributed by atoms with E-state index in [1.54, 1.807) is 19.1 Å². The molecule has 2 rings (SSSR count). The quantitative estimate of drug-likeness (QED) is 0.103. The second-order valence-corrected chi connectivity index (χ2v) is 8.92. The van der Waals surface area contributed by atoms with Gasteiger partial charge in [-0.15, -0.1) is 0 Å². The van der Waals surface area contributed by atoms with Crippen molar-refractivity contribution in [2.45, 2.75) is 51.9 Å². The number of carbonyl (C=O) groups is 1. The van der Waals surface area contributed by atoms with E-state index < -0.39 is 11.6 Å². The van der Waals surface area contributed by atoms with Gasteiger partial charge in [-0.05, 0) is 64.5 Å². The molecule has 0 aromatic heterocycles. The van der Waals surface area contributed by atoms with E-state index in [2.05, 4.69) is 6.58 Å². The standard InChI is InChI=1S/C27H36O7/c1-10-26(3,4)33-22-14-12-19(15-23(22)32-17-24-27(5,6)34-24)11-13-21(30-8)18(2)20(16-29-7)25(28)31-9/h10-16,24H,1,17H2,2-9H3. The molecule has 34 heavy (non-hydrogen) atoms. The SMILES string of the molecule is C=CC(C)(C)Oc1ccc(C=CC(OC)=C(C)C(=COC)C(=O)OC)cc1OCC1OC1(C)C. The fourth-order valence-corrected chi connectivity index (χ4v) is 3.05. The molecule has 1 aliphatic rings. The van der Waals surface area contributed by atoms with Gasteiger partial charge in [0.1, 0.15) is 29.6 Å². The van der Waals surface area contributed by atoms with Crippen LogP contribution in [0.5, 0.6) is 11.5 Å². The molecule has 0 saturated carbocycles. The van der Waals surface area contributed by atoms with E-state index in [4.69, 9.17) is 28.4 Å². The number of esters is 1. The molecule has 1 aromatic rings. The van der Waals surface area contributed by atoms with Gasteiger partial charge >= 0.3 is 5.97 Å². The molecular formula is C27H36O7. The Morgan fingerprint density at radius 2 is 1.85 bits per heavy atom. The summed E-state index contributed by atoms with van der Waals surface area (Å²) in [6.45, 7) is 13.9. The zero-order valence-electron chi connectivity index (χ0n) is 21.4. The number of hydrogen-bond acceptors (Lipinski definition) is 7. The normalized spacial score (nSPS) is 18.1. The van der Waals surface area contributed by atoms with Crippen LogP contribution in [0.2, 0.25) is 0 Å². The predicted molar refractivity (Wildman–Crippen MR) is 132 cm³/mol. The Hall–Kier alpha value is -3.19. The lowest BCUT2D eigenvalue weighted by Gasteiger charge is -2.24. The second-order valence-electron chi connectivity index (χ2n) is 8.92. The van der Waals surface area contributed by atoms with Gasteiger partial charge in [-0.25, -0.2) is 4.79 Å². The summed E-state index contributed by atoms with van der Waals surface area (Å²) in [5.41, 5.74) is 0.947. The van der Waals surface area contributed by atoms with Gasteiger partial charge in [0, 0.05) is 5.57 Å². The lowest BCUT2D eigenvalue weighted by molar-refractivity contribution is -0.136. The van der Waals surface area contributed by atoms with Crippen molar-refractivity contribution in [2.24, 2.45) is 0 Å². The van der Waals surface area contributed by atoms with Crippen molar-refractivity contribution < 1.29 is 33.2 Å². The predicted octanol–water partition coefficient (Wildman–Crippen LogP) is 5.22. The van der Waals surface area contributed by atoms with Crippen LogP contribution in [0.1, 0.15) is 40.2 Å². The molecule has 1 unspecified atom stereocenters. The van der Waals surface area contributed by atoms with Gasteiger partial charge in [0.25, 0.3) is 0 Å². The smallest absolute Gasteiger partial charge is 0.341 e. The molecule has 0 radical (unpaired) electrons. The van der Waals surface area contributed by atoms with Crippen molar-refractivity contribution in [3.05, 3.63) is 65.7 Å². The van der Waals surface area contributed by atoms with Gasteiger partial charge < -0.3 is 28.4 Å². The summed E-state index contributed by atoms with van der Waals surface area (Å²) in [6.07, 6.45) is 6.72. The highest BCUT2D eigenvalue weighted by Crippen LogP contribution is 2.38. The lowest BCUT2D eigenvalue weighted by atomic mass is 10.1. The number of ether oxygens (including phenoxy) is 6. The summed E-state index contributed by atoms with van der Waals surface area (Å²) < 4.78 is 33.2. The summed E-state index contributed by atoms with van der Waals surface area (Å²) in [6, 6.07) is 5.65. The first kappa shape index (κ1) is 27.1. The van der Waals surface area contributed by atoms with Crippen molar-refractivity contribution in [1.29, 1.82) is 0 Å². The Labute approximate surface area is 202 Å². The molecule has 1 atom stereocenters. The molecule has 7 nitrogen and oxygen atoms in total. The fraction of sp³-hybridized carbons (Fsp3) is 0.444. The molecule has 1 aliphatic heterocycles. The first-order valence-electron chi connectivity index (χ1n) is 11.0. The maximum absolute atomic E-state index is 12.1. The number of hydrogen-bond donors (Lipinski definition) is 0. The first-order valence-corrected chi connectivity index (χ1v) is 11.0. The van der Waals surface area contributed by atoms with Crippen LogP contribution < -0.4 is 9.47 Å². The van der Waals surface area contributed by atoms with E-state index in [1.165, 1.54) is 27.6 Å². The van der Waals surface area contributed by atoms with E-state index in [0.717, 1.165) is 5.56 Å². The van der Waals surface area contributed by atoms with Crippen LogP contribution in [0.3, 0.4) is 0 Å². The summed E-state index contributed by atoms with van der Waals surface area (Å²) in [5.74, 6) is 1.17. The van der Waals surface area contributed by atoms with E-state index in [0.29, 0.717) is 29.4 Å². The van der Waals surface area contributed by atoms with Crippen molar-refractivity contribution in [3.63, 3.8) is 0 Å². The number of carbonyl (C=O) groups excluding carboxylic acids is 1. The highest BCUT2D eigenvalue weighted by molar-refractivity contribution is 5.93. The Morgan fingerprint density at radius 3 is 2.38 bits per heavy atom. The van der Waals surface area contributed by atoms with Gasteiger partial charge in [0.2, 0.25) is 0 Å². The third kappa shape index (κ3) is 7.15. The Kier molecular flexibility index (Phi) is 8.99. The van der Waals surface area contributed by atoms with Gasteiger partial charge in [-0.3, -0.25) is 0 Å². The molecule has 1 saturated heterocycles. The van der Waals surface area contributed by atoms with Crippen LogP contribution in [-0.2, 0) is 23.7 Å². The molecule has 1 heterocycles. The number of benzene rings is 1. The van der Waals surface area contributed by atoms with Gasteiger partial charge in [0.05, 0.1) is 33.2 Å². The summed E-state index contributed by atoms with van der Waals surface area (Å²) in [4.78, 5) is 12.1. The van der Waals surface area contributed by atoms with Crippen molar-refractivity contribution >= 4 is 12.0 Å². The molecule has 0 N–H and O–H groups in total. The fourth-order valence-electron chi connectivity index (χ4n) is 3.05. The minimum Gasteiger partial charge on any atom is -0.503 e. The molecule has 1 aromatic carbocycles. The molecule has 186 valence electrons. The summed E-state index contributed by atoms with van der Waals surface area (Å²) >= 11 is 0. The zero-order chi connectivity index (χ0) is 25.5. The van der Waals surface area contributed by atoms with Crippen molar-refractivity contribution in [3.8, 4) is 11.5 Å². The maximum Gasteiger partial charge on any atom is 0.341 e. The van der Waals surface area contributed by atoms with Crippen molar-refractivity contribution in [1.82, 2.24) is 0 Å². The number of rotatable bonds is 12. The Bertz CT molecular complexity index is 983. The minimum absolute atomic E-state index is 0.0296. The van der Waals surface area contributed by atoms with Gasteiger partial charge in [0.15, 0.2) is 11.5 Å². The molecule has 1 fully saturated rings. The number of epoxide rings is 1. The molecular weight excluding hydrogens is 436 g/mol. The van der Waals surface area contributed by atoms with E-state index in [1.807, 2.05) is 52.0 Å². The summed E-state index contributed by atoms with van der Waals surface area (Å²) in [5, 5.41) is 0. The molecule has 0 amide bonds. The minimum atomic E-state index is -0.564. The van der Waals surface area contributed by atoms with Crippen LogP contribution in [0.4, 0.5) is 0 Å². The van der Waals surface area contributed by atoms with Gasteiger partial charge in [-0.2, -0.15) is 0 Å². The van der Waals surface area contributed by atoms with Crippen LogP contribution >= 0.6 is 0 Å². The topological polar surface area (TPSA) is 75.8 Å². The average molecular weight is 473 g/mol. The maximum atomic E-state index is 12.1. The van der Waals surface area contributed by atoms with Gasteiger partial charge in [-0.1, -0.05) is 18.7 Å². The van der Waals surface area contributed by atoms with Crippen LogP contribution in [-0.4, -0.2) is 51.2 Å². The summed E-state index contributed by atoms with van der Waals surface area (Å²) in [7, 11) is 4.31. The zero-order valence-corrected chi connectivity index (χ0v) is 21.4. The monoisotopic (exact) mass is 472 g/mol.